The quantitative estimate of drug-likeness (QED) is 0.326. The Morgan fingerprint density at radius 2 is 1.95 bits per heavy atom. The molecule has 2 aromatic rings. The van der Waals surface area contributed by atoms with Crippen LogP contribution in [0.1, 0.15) is 90.5 Å². The molecule has 4 aliphatic rings. The number of alkyl carbamates (subject to hydrolysis) is 1. The van der Waals surface area contributed by atoms with Crippen molar-refractivity contribution >= 4 is 17.1 Å². The molecule has 0 spiro atoms. The maximum absolute atomic E-state index is 15.1. The van der Waals surface area contributed by atoms with Crippen LogP contribution in [0.3, 0.4) is 0 Å². The lowest BCUT2D eigenvalue weighted by molar-refractivity contribution is -0.163. The van der Waals surface area contributed by atoms with E-state index in [1.54, 1.807) is 6.07 Å². The van der Waals surface area contributed by atoms with Gasteiger partial charge in [0.2, 0.25) is 5.88 Å². The third-order valence-electron chi connectivity index (χ3n) is 8.34. The number of hydrogen-bond donors (Lipinski definition) is 1. The molecule has 1 aliphatic carbocycles. The van der Waals surface area contributed by atoms with Gasteiger partial charge in [-0.25, -0.2) is 14.2 Å². The summed E-state index contributed by atoms with van der Waals surface area (Å²) in [6.07, 6.45) is 10.1. The number of amides is 1. The first-order chi connectivity index (χ1) is 19.6. The molecule has 2 bridgehead atoms. The predicted octanol–water partition coefficient (Wildman–Crippen LogP) is 6.01. The number of aryl methyl sites for hydroxylation is 1. The number of rotatable bonds is 11. The molecule has 1 N–H and O–H groups in total. The SMILES string of the molecule is CC(C)(C)OC(=O)NC12CCC(CCc3c(F)cnc4ccc(OCCCCOC5CCCCO5)nc34)(CC1)OC2. The first-order valence-corrected chi connectivity index (χ1v) is 15.1. The van der Waals surface area contributed by atoms with Gasteiger partial charge in [-0.1, -0.05) is 0 Å². The highest BCUT2D eigenvalue weighted by Gasteiger charge is 2.50. The van der Waals surface area contributed by atoms with E-state index in [0.717, 1.165) is 64.4 Å². The number of ether oxygens (including phenoxy) is 5. The molecule has 1 atom stereocenters. The Bertz CT molecular complexity index is 1170. The standard InChI is InChI=1S/C31H44FN3O6/c1-29(2,3)41-28(36)35-30-13-15-31(16-14-30,40-21-30)12-11-22-23(32)20-33-24-9-10-25(34-27(22)24)37-17-6-7-19-39-26-8-4-5-18-38-26/h9-10,20,26H,4-8,11-19,21H2,1-3H3,(H,35,36). The lowest BCUT2D eigenvalue weighted by Gasteiger charge is -2.53. The van der Waals surface area contributed by atoms with E-state index in [1.807, 2.05) is 26.8 Å². The van der Waals surface area contributed by atoms with Gasteiger partial charge in [0, 0.05) is 24.8 Å². The maximum atomic E-state index is 15.1. The highest BCUT2D eigenvalue weighted by Crippen LogP contribution is 2.46. The van der Waals surface area contributed by atoms with E-state index in [0.29, 0.717) is 55.1 Å². The van der Waals surface area contributed by atoms with Gasteiger partial charge in [-0.05, 0) is 97.5 Å². The lowest BCUT2D eigenvalue weighted by atomic mass is 9.69. The number of halogens is 1. The van der Waals surface area contributed by atoms with Gasteiger partial charge in [0.05, 0.1) is 41.6 Å². The number of aromatic nitrogens is 2. The summed E-state index contributed by atoms with van der Waals surface area (Å²) in [5.74, 6) is 0.0959. The molecule has 6 rings (SSSR count). The second kappa shape index (κ2) is 12.8. The van der Waals surface area contributed by atoms with E-state index in [9.17, 15) is 4.79 Å². The Labute approximate surface area is 241 Å². The fourth-order valence-corrected chi connectivity index (χ4v) is 5.95. The molecule has 4 fully saturated rings. The third kappa shape index (κ3) is 7.84. The van der Waals surface area contributed by atoms with Crippen LogP contribution in [0.5, 0.6) is 5.88 Å². The Hall–Kier alpha value is -2.56. The van der Waals surface area contributed by atoms with Gasteiger partial charge < -0.3 is 29.0 Å². The zero-order valence-corrected chi connectivity index (χ0v) is 24.6. The molecule has 10 heteroatoms. The Morgan fingerprint density at radius 3 is 2.66 bits per heavy atom. The average molecular weight is 574 g/mol. The van der Waals surface area contributed by atoms with Crippen LogP contribution in [0, 0.1) is 5.82 Å². The minimum absolute atomic E-state index is 0.0729. The van der Waals surface area contributed by atoms with Crippen LogP contribution in [0.15, 0.2) is 18.3 Å². The predicted molar refractivity (Wildman–Crippen MR) is 151 cm³/mol. The van der Waals surface area contributed by atoms with Crippen molar-refractivity contribution in [2.24, 2.45) is 0 Å². The Kier molecular flexibility index (Phi) is 9.30. The zero-order chi connectivity index (χ0) is 28.9. The van der Waals surface area contributed by atoms with E-state index >= 15 is 4.39 Å². The van der Waals surface area contributed by atoms with Crippen molar-refractivity contribution < 1.29 is 32.9 Å². The van der Waals surface area contributed by atoms with Gasteiger partial charge in [-0.15, -0.1) is 0 Å². The molecule has 226 valence electrons. The summed E-state index contributed by atoms with van der Waals surface area (Å²) in [5, 5.41) is 3.06. The summed E-state index contributed by atoms with van der Waals surface area (Å²) < 4.78 is 44.1. The van der Waals surface area contributed by atoms with E-state index in [1.165, 1.54) is 6.20 Å². The van der Waals surface area contributed by atoms with E-state index in [-0.39, 0.29) is 17.7 Å². The average Bonchev–Trinajstić information content (AvgIpc) is 2.95. The highest BCUT2D eigenvalue weighted by atomic mass is 19.1. The number of pyridine rings is 2. The maximum Gasteiger partial charge on any atom is 0.408 e. The molecular formula is C31H44FN3O6. The fraction of sp³-hybridized carbons (Fsp3) is 0.710. The van der Waals surface area contributed by atoms with E-state index in [2.05, 4.69) is 15.3 Å². The van der Waals surface area contributed by atoms with Crippen LogP contribution >= 0.6 is 0 Å². The van der Waals surface area contributed by atoms with Crippen LogP contribution < -0.4 is 10.1 Å². The molecule has 0 radical (unpaired) electrons. The number of unbranched alkanes of at least 4 members (excludes halogenated alkanes) is 1. The summed E-state index contributed by atoms with van der Waals surface area (Å²) in [7, 11) is 0. The van der Waals surface area contributed by atoms with Gasteiger partial charge in [-0.2, -0.15) is 0 Å². The molecule has 1 saturated carbocycles. The summed E-state index contributed by atoms with van der Waals surface area (Å²) in [5.41, 5.74) is 0.420. The van der Waals surface area contributed by atoms with E-state index < -0.39 is 17.2 Å². The minimum Gasteiger partial charge on any atom is -0.478 e. The first-order valence-electron chi connectivity index (χ1n) is 15.1. The molecule has 2 aromatic heterocycles. The molecule has 41 heavy (non-hydrogen) atoms. The van der Waals surface area contributed by atoms with Gasteiger partial charge in [-0.3, -0.25) is 4.98 Å². The lowest BCUT2D eigenvalue weighted by Crippen LogP contribution is -2.63. The van der Waals surface area contributed by atoms with Crippen molar-refractivity contribution in [1.82, 2.24) is 15.3 Å². The molecule has 9 nitrogen and oxygen atoms in total. The van der Waals surface area contributed by atoms with Gasteiger partial charge in [0.15, 0.2) is 6.29 Å². The summed E-state index contributed by atoms with van der Waals surface area (Å²) >= 11 is 0. The second-order valence-corrected chi connectivity index (χ2v) is 12.7. The molecule has 5 heterocycles. The number of carbonyl (C=O) groups excluding carboxylic acids is 1. The number of nitrogens with zero attached hydrogens (tertiary/aromatic N) is 2. The number of hydrogen-bond acceptors (Lipinski definition) is 8. The summed E-state index contributed by atoms with van der Waals surface area (Å²) in [6, 6.07) is 3.61. The first kappa shape index (κ1) is 29.9. The van der Waals surface area contributed by atoms with Crippen molar-refractivity contribution in [2.45, 2.75) is 114 Å². The highest BCUT2D eigenvalue weighted by molar-refractivity contribution is 5.78. The minimum atomic E-state index is -0.552. The van der Waals surface area contributed by atoms with Gasteiger partial charge in [0.1, 0.15) is 11.4 Å². The third-order valence-corrected chi connectivity index (χ3v) is 8.34. The normalized spacial score (nSPS) is 26.2. The molecule has 0 aromatic carbocycles. The number of fused-ring (bicyclic) bond motifs is 4. The Morgan fingerprint density at radius 1 is 1.15 bits per heavy atom. The molecule has 1 unspecified atom stereocenters. The van der Waals surface area contributed by atoms with Crippen molar-refractivity contribution in [3.8, 4) is 5.88 Å². The van der Waals surface area contributed by atoms with Crippen molar-refractivity contribution in [2.75, 3.05) is 26.4 Å². The van der Waals surface area contributed by atoms with E-state index in [4.69, 9.17) is 23.7 Å². The molecule has 1 amide bonds. The van der Waals surface area contributed by atoms with Crippen LogP contribution in [0.4, 0.5) is 9.18 Å². The summed E-state index contributed by atoms with van der Waals surface area (Å²) in [6.45, 7) is 7.91. The molecule has 3 saturated heterocycles. The van der Waals surface area contributed by atoms with Crippen molar-refractivity contribution in [3.05, 3.63) is 29.7 Å². The number of carbonyl (C=O) groups is 1. The molecular weight excluding hydrogens is 529 g/mol. The Balaban J connectivity index is 1.13. The smallest absolute Gasteiger partial charge is 0.408 e. The zero-order valence-electron chi connectivity index (χ0n) is 24.6. The second-order valence-electron chi connectivity index (χ2n) is 12.7. The van der Waals surface area contributed by atoms with Crippen LogP contribution in [-0.4, -0.2) is 65.5 Å². The van der Waals surface area contributed by atoms with Gasteiger partial charge >= 0.3 is 6.09 Å². The summed E-state index contributed by atoms with van der Waals surface area (Å²) in [4.78, 5) is 21.3. The molecule has 3 aliphatic heterocycles. The monoisotopic (exact) mass is 573 g/mol. The van der Waals surface area contributed by atoms with Crippen LogP contribution in [-0.2, 0) is 25.4 Å². The fourth-order valence-electron chi connectivity index (χ4n) is 5.95. The van der Waals surface area contributed by atoms with Crippen molar-refractivity contribution in [3.63, 3.8) is 0 Å². The van der Waals surface area contributed by atoms with Crippen molar-refractivity contribution in [1.29, 1.82) is 0 Å². The largest absolute Gasteiger partial charge is 0.478 e. The van der Waals surface area contributed by atoms with Crippen LogP contribution in [0.2, 0.25) is 0 Å². The topological polar surface area (TPSA) is 101 Å². The van der Waals surface area contributed by atoms with Crippen LogP contribution in [0.25, 0.3) is 11.0 Å². The number of nitrogens with one attached hydrogen (secondary N) is 1. The van der Waals surface area contributed by atoms with Gasteiger partial charge in [0.25, 0.3) is 0 Å².